The Labute approximate surface area is 118 Å². The maximum atomic E-state index is 12.5. The summed E-state index contributed by atoms with van der Waals surface area (Å²) in [6.07, 6.45) is 2.37. The summed E-state index contributed by atoms with van der Waals surface area (Å²) in [6.45, 7) is 1.38. The van der Waals surface area contributed by atoms with Crippen LogP contribution in [-0.4, -0.2) is 33.0 Å². The van der Waals surface area contributed by atoms with Gasteiger partial charge in [0.1, 0.15) is 5.82 Å². The standard InChI is InChI=1S/C13H13F3N4O/c14-13(15,16)20-8-11(7-19-20)10-5-17-12(18-6-10)9-1-3-21-4-2-9/h5-9H,1-4H2. The predicted octanol–water partition coefficient (Wildman–Crippen LogP) is 2.71. The highest BCUT2D eigenvalue weighted by molar-refractivity contribution is 5.59. The molecule has 2 aromatic rings. The van der Waals surface area contributed by atoms with E-state index in [-0.39, 0.29) is 10.6 Å². The minimum absolute atomic E-state index is 0.0330. The zero-order chi connectivity index (χ0) is 14.9. The summed E-state index contributed by atoms with van der Waals surface area (Å²) in [6, 6.07) is 0. The number of nitrogens with zero attached hydrogens (tertiary/aromatic N) is 4. The fourth-order valence-corrected chi connectivity index (χ4v) is 2.26. The number of hydrogen-bond donors (Lipinski definition) is 0. The van der Waals surface area contributed by atoms with Gasteiger partial charge in [0, 0.05) is 48.8 Å². The second-order valence-corrected chi connectivity index (χ2v) is 4.86. The van der Waals surface area contributed by atoms with Gasteiger partial charge in [-0.3, -0.25) is 0 Å². The molecule has 0 aromatic carbocycles. The fourth-order valence-electron chi connectivity index (χ4n) is 2.26. The third-order valence-corrected chi connectivity index (χ3v) is 3.43. The van der Waals surface area contributed by atoms with Gasteiger partial charge < -0.3 is 4.74 Å². The summed E-state index contributed by atoms with van der Waals surface area (Å²) in [4.78, 5) is 8.53. The zero-order valence-electron chi connectivity index (χ0n) is 11.0. The smallest absolute Gasteiger partial charge is 0.381 e. The molecule has 0 radical (unpaired) electrons. The molecule has 0 unspecified atom stereocenters. The molecular formula is C13H13F3N4O. The highest BCUT2D eigenvalue weighted by Gasteiger charge is 2.31. The van der Waals surface area contributed by atoms with Crippen molar-refractivity contribution >= 4 is 0 Å². The summed E-state index contributed by atoms with van der Waals surface area (Å²) < 4.78 is 42.7. The molecule has 5 nitrogen and oxygen atoms in total. The van der Waals surface area contributed by atoms with Gasteiger partial charge in [-0.2, -0.15) is 9.78 Å². The number of ether oxygens (including phenoxy) is 1. The van der Waals surface area contributed by atoms with E-state index < -0.39 is 6.30 Å². The number of alkyl halides is 3. The molecule has 2 aromatic heterocycles. The van der Waals surface area contributed by atoms with Crippen molar-refractivity contribution in [3.8, 4) is 11.1 Å². The van der Waals surface area contributed by atoms with E-state index in [1.165, 1.54) is 12.4 Å². The molecule has 3 rings (SSSR count). The quantitative estimate of drug-likeness (QED) is 0.855. The molecule has 1 aliphatic rings. The SMILES string of the molecule is FC(F)(F)n1cc(-c2cnc(C3CCOCC3)nc2)cn1. The molecule has 0 N–H and O–H groups in total. The molecule has 112 valence electrons. The van der Waals surface area contributed by atoms with Gasteiger partial charge in [0.15, 0.2) is 0 Å². The Hall–Kier alpha value is -1.96. The van der Waals surface area contributed by atoms with Gasteiger partial charge in [0.2, 0.25) is 0 Å². The van der Waals surface area contributed by atoms with Crippen LogP contribution in [0, 0.1) is 0 Å². The molecule has 1 saturated heterocycles. The van der Waals surface area contributed by atoms with E-state index in [9.17, 15) is 13.2 Å². The lowest BCUT2D eigenvalue weighted by Gasteiger charge is -2.20. The Balaban J connectivity index is 1.79. The summed E-state index contributed by atoms with van der Waals surface area (Å²) >= 11 is 0. The molecule has 0 amide bonds. The monoisotopic (exact) mass is 298 g/mol. The van der Waals surface area contributed by atoms with E-state index in [0.29, 0.717) is 30.2 Å². The summed E-state index contributed by atoms with van der Waals surface area (Å²) in [5, 5.41) is 3.30. The number of aromatic nitrogens is 4. The van der Waals surface area contributed by atoms with Gasteiger partial charge in [-0.15, -0.1) is 13.2 Å². The molecule has 8 heteroatoms. The molecule has 1 aliphatic heterocycles. The van der Waals surface area contributed by atoms with E-state index >= 15 is 0 Å². The van der Waals surface area contributed by atoms with Crippen molar-refractivity contribution in [2.45, 2.75) is 25.1 Å². The number of hydrogen-bond acceptors (Lipinski definition) is 4. The molecule has 3 heterocycles. The van der Waals surface area contributed by atoms with E-state index in [1.54, 1.807) is 0 Å². The van der Waals surface area contributed by atoms with E-state index in [0.717, 1.165) is 25.2 Å². The Morgan fingerprint density at radius 2 is 1.71 bits per heavy atom. The first kappa shape index (κ1) is 14.0. The largest absolute Gasteiger partial charge is 0.504 e. The predicted molar refractivity (Wildman–Crippen MR) is 67.3 cm³/mol. The van der Waals surface area contributed by atoms with Crippen LogP contribution in [-0.2, 0) is 11.0 Å². The Morgan fingerprint density at radius 1 is 1.05 bits per heavy atom. The van der Waals surface area contributed by atoms with Gasteiger partial charge in [0.25, 0.3) is 0 Å². The summed E-state index contributed by atoms with van der Waals surface area (Å²) in [5.41, 5.74) is 0.854. The first-order valence-corrected chi connectivity index (χ1v) is 6.56. The van der Waals surface area contributed by atoms with Crippen molar-refractivity contribution in [2.75, 3.05) is 13.2 Å². The van der Waals surface area contributed by atoms with Crippen molar-refractivity contribution in [3.63, 3.8) is 0 Å². The lowest BCUT2D eigenvalue weighted by molar-refractivity contribution is -0.212. The summed E-state index contributed by atoms with van der Waals surface area (Å²) in [5.74, 6) is 0.968. The van der Waals surface area contributed by atoms with Crippen molar-refractivity contribution in [3.05, 3.63) is 30.6 Å². The van der Waals surface area contributed by atoms with Crippen LogP contribution in [0.2, 0.25) is 0 Å². The molecule has 0 aliphatic carbocycles. The van der Waals surface area contributed by atoms with Crippen LogP contribution >= 0.6 is 0 Å². The van der Waals surface area contributed by atoms with Crippen LogP contribution in [0.25, 0.3) is 11.1 Å². The number of rotatable bonds is 2. The molecule has 0 atom stereocenters. The van der Waals surface area contributed by atoms with Crippen LogP contribution in [0.3, 0.4) is 0 Å². The first-order chi connectivity index (χ1) is 10.0. The molecule has 0 saturated carbocycles. The highest BCUT2D eigenvalue weighted by Crippen LogP contribution is 2.27. The highest BCUT2D eigenvalue weighted by atomic mass is 19.4. The Bertz CT molecular complexity index is 603. The molecule has 0 spiro atoms. The maximum absolute atomic E-state index is 12.5. The van der Waals surface area contributed by atoms with Crippen LogP contribution in [0.15, 0.2) is 24.8 Å². The van der Waals surface area contributed by atoms with E-state index in [4.69, 9.17) is 4.74 Å². The number of halogens is 3. The first-order valence-electron chi connectivity index (χ1n) is 6.56. The fraction of sp³-hybridized carbons (Fsp3) is 0.462. The average Bonchev–Trinajstić information content (AvgIpc) is 2.98. The normalized spacial score (nSPS) is 17.1. The minimum atomic E-state index is -4.51. The van der Waals surface area contributed by atoms with Gasteiger partial charge in [-0.05, 0) is 12.8 Å². The van der Waals surface area contributed by atoms with Crippen LogP contribution in [0.5, 0.6) is 0 Å². The van der Waals surface area contributed by atoms with Gasteiger partial charge in [-0.1, -0.05) is 0 Å². The molecular weight excluding hydrogens is 285 g/mol. The minimum Gasteiger partial charge on any atom is -0.381 e. The van der Waals surface area contributed by atoms with Gasteiger partial charge in [-0.25, -0.2) is 9.97 Å². The van der Waals surface area contributed by atoms with E-state index in [2.05, 4.69) is 15.1 Å². The average molecular weight is 298 g/mol. The molecule has 1 fully saturated rings. The lowest BCUT2D eigenvalue weighted by Crippen LogP contribution is -2.16. The second-order valence-electron chi connectivity index (χ2n) is 4.86. The Morgan fingerprint density at radius 3 is 2.29 bits per heavy atom. The Kier molecular flexibility index (Phi) is 3.62. The van der Waals surface area contributed by atoms with Crippen molar-refractivity contribution < 1.29 is 17.9 Å². The van der Waals surface area contributed by atoms with Gasteiger partial charge in [0.05, 0.1) is 6.20 Å². The van der Waals surface area contributed by atoms with Crippen molar-refractivity contribution in [1.29, 1.82) is 0 Å². The second kappa shape index (κ2) is 5.44. The van der Waals surface area contributed by atoms with Crippen LogP contribution in [0.1, 0.15) is 24.6 Å². The third-order valence-electron chi connectivity index (χ3n) is 3.43. The topological polar surface area (TPSA) is 52.8 Å². The molecule has 21 heavy (non-hydrogen) atoms. The van der Waals surface area contributed by atoms with Crippen molar-refractivity contribution in [1.82, 2.24) is 19.7 Å². The van der Waals surface area contributed by atoms with Crippen LogP contribution in [0.4, 0.5) is 13.2 Å². The lowest BCUT2D eigenvalue weighted by atomic mass is 9.99. The zero-order valence-corrected chi connectivity index (χ0v) is 11.0. The maximum Gasteiger partial charge on any atom is 0.504 e. The van der Waals surface area contributed by atoms with Gasteiger partial charge >= 0.3 is 6.30 Å². The summed E-state index contributed by atoms with van der Waals surface area (Å²) in [7, 11) is 0. The van der Waals surface area contributed by atoms with E-state index in [1.807, 2.05) is 0 Å². The van der Waals surface area contributed by atoms with Crippen molar-refractivity contribution in [2.24, 2.45) is 0 Å². The third kappa shape index (κ3) is 3.05. The van der Waals surface area contributed by atoms with Crippen LogP contribution < -0.4 is 0 Å². The molecule has 0 bridgehead atoms.